The van der Waals surface area contributed by atoms with Crippen LogP contribution < -0.4 is 0 Å². The Bertz CT molecular complexity index is 569. The van der Waals surface area contributed by atoms with E-state index in [1.165, 1.54) is 0 Å². The Kier molecular flexibility index (Phi) is 2.73. The monoisotopic (exact) mass is 255 g/mol. The number of nitrogens with zero attached hydrogens (tertiary/aromatic N) is 3. The van der Waals surface area contributed by atoms with E-state index < -0.39 is 0 Å². The molecule has 0 amide bonds. The Labute approximate surface area is 114 Å². The highest BCUT2D eigenvalue weighted by molar-refractivity contribution is 5.32. The molecular weight excluding hydrogens is 234 g/mol. The summed E-state index contributed by atoms with van der Waals surface area (Å²) in [6.45, 7) is 9.27. The van der Waals surface area contributed by atoms with E-state index in [4.69, 9.17) is 0 Å². The normalized spacial score (nSPS) is 24.7. The number of hydrogen-bond donors (Lipinski definition) is 0. The summed E-state index contributed by atoms with van der Waals surface area (Å²) in [6, 6.07) is 10.2. The van der Waals surface area contributed by atoms with Crippen LogP contribution in [0.3, 0.4) is 0 Å². The van der Waals surface area contributed by atoms with Gasteiger partial charge in [0.05, 0.1) is 17.6 Å². The molecule has 0 spiro atoms. The second kappa shape index (κ2) is 4.19. The maximum atomic E-state index is 4.40. The Morgan fingerprint density at radius 3 is 2.42 bits per heavy atom. The van der Waals surface area contributed by atoms with Crippen molar-refractivity contribution in [2.75, 3.05) is 0 Å². The van der Waals surface area contributed by atoms with E-state index in [1.54, 1.807) is 0 Å². The zero-order valence-corrected chi connectivity index (χ0v) is 12.0. The van der Waals surface area contributed by atoms with Crippen LogP contribution >= 0.6 is 0 Å². The van der Waals surface area contributed by atoms with Crippen LogP contribution in [-0.4, -0.2) is 15.0 Å². The third-order valence-electron chi connectivity index (χ3n) is 4.48. The second-order valence-corrected chi connectivity index (χ2v) is 6.49. The fourth-order valence-corrected chi connectivity index (χ4v) is 3.61. The van der Waals surface area contributed by atoms with Crippen molar-refractivity contribution in [1.29, 1.82) is 0 Å². The standard InChI is InChI=1S/C16H21N3/c1-11(2)14-15(16(14,3)4)13-10-19(18-17-13)12-8-6-5-7-9-12/h5-11,14-15H,1-4H3/t14-,15-/m0/s1. The van der Waals surface area contributed by atoms with Gasteiger partial charge in [0.25, 0.3) is 0 Å². The number of benzene rings is 1. The van der Waals surface area contributed by atoms with Gasteiger partial charge in [-0.15, -0.1) is 5.10 Å². The highest BCUT2D eigenvalue weighted by Crippen LogP contribution is 2.66. The molecule has 3 nitrogen and oxygen atoms in total. The minimum absolute atomic E-state index is 0.353. The van der Waals surface area contributed by atoms with Crippen molar-refractivity contribution in [2.45, 2.75) is 33.6 Å². The van der Waals surface area contributed by atoms with E-state index in [0.29, 0.717) is 23.2 Å². The van der Waals surface area contributed by atoms with Gasteiger partial charge in [0.1, 0.15) is 0 Å². The molecule has 1 fully saturated rings. The fraction of sp³-hybridized carbons (Fsp3) is 0.500. The molecule has 1 aromatic heterocycles. The molecule has 1 aliphatic carbocycles. The molecule has 2 aromatic rings. The van der Waals surface area contributed by atoms with Crippen LogP contribution in [0.4, 0.5) is 0 Å². The summed E-state index contributed by atoms with van der Waals surface area (Å²) in [7, 11) is 0. The molecule has 0 radical (unpaired) electrons. The van der Waals surface area contributed by atoms with E-state index >= 15 is 0 Å². The molecule has 0 unspecified atom stereocenters. The third-order valence-corrected chi connectivity index (χ3v) is 4.48. The number of hydrogen-bond acceptors (Lipinski definition) is 2. The molecule has 0 aliphatic heterocycles. The molecule has 0 saturated heterocycles. The lowest BCUT2D eigenvalue weighted by atomic mass is 10.0. The Morgan fingerprint density at radius 2 is 1.84 bits per heavy atom. The number of rotatable bonds is 3. The van der Waals surface area contributed by atoms with Crippen molar-refractivity contribution >= 4 is 0 Å². The summed E-state index contributed by atoms with van der Waals surface area (Å²) >= 11 is 0. The summed E-state index contributed by atoms with van der Waals surface area (Å²) in [5.74, 6) is 1.96. The Balaban J connectivity index is 1.88. The molecule has 3 rings (SSSR count). The highest BCUT2D eigenvalue weighted by Gasteiger charge is 2.60. The van der Waals surface area contributed by atoms with Gasteiger partial charge in [-0.05, 0) is 29.4 Å². The van der Waals surface area contributed by atoms with Gasteiger partial charge in [-0.3, -0.25) is 0 Å². The lowest BCUT2D eigenvalue weighted by Gasteiger charge is -2.04. The van der Waals surface area contributed by atoms with Crippen molar-refractivity contribution in [3.63, 3.8) is 0 Å². The fourth-order valence-electron chi connectivity index (χ4n) is 3.61. The topological polar surface area (TPSA) is 30.7 Å². The molecular formula is C16H21N3. The molecule has 3 heteroatoms. The summed E-state index contributed by atoms with van der Waals surface area (Å²) in [6.07, 6.45) is 2.09. The lowest BCUT2D eigenvalue weighted by molar-refractivity contribution is 0.451. The minimum Gasteiger partial charge on any atom is -0.220 e. The van der Waals surface area contributed by atoms with Crippen LogP contribution in [0.15, 0.2) is 36.5 Å². The Morgan fingerprint density at radius 1 is 1.16 bits per heavy atom. The molecule has 1 heterocycles. The van der Waals surface area contributed by atoms with E-state index in [2.05, 4.69) is 56.3 Å². The summed E-state index contributed by atoms with van der Waals surface area (Å²) in [4.78, 5) is 0. The van der Waals surface area contributed by atoms with Crippen molar-refractivity contribution < 1.29 is 0 Å². The first-order valence-corrected chi connectivity index (χ1v) is 6.99. The lowest BCUT2D eigenvalue weighted by Crippen LogP contribution is -1.96. The summed E-state index contributed by atoms with van der Waals surface area (Å²) in [5, 5.41) is 8.67. The smallest absolute Gasteiger partial charge is 0.0871 e. The molecule has 0 bridgehead atoms. The average molecular weight is 255 g/mol. The van der Waals surface area contributed by atoms with Gasteiger partial charge >= 0.3 is 0 Å². The van der Waals surface area contributed by atoms with Crippen LogP contribution in [0.5, 0.6) is 0 Å². The first-order chi connectivity index (χ1) is 9.01. The van der Waals surface area contributed by atoms with Crippen LogP contribution in [0.25, 0.3) is 5.69 Å². The molecule has 100 valence electrons. The van der Waals surface area contributed by atoms with Crippen LogP contribution in [0.2, 0.25) is 0 Å². The quantitative estimate of drug-likeness (QED) is 0.838. The van der Waals surface area contributed by atoms with Crippen LogP contribution in [0.1, 0.15) is 39.3 Å². The van der Waals surface area contributed by atoms with Gasteiger partial charge in [-0.2, -0.15) is 0 Å². The van der Waals surface area contributed by atoms with Crippen molar-refractivity contribution in [3.8, 4) is 5.69 Å². The molecule has 19 heavy (non-hydrogen) atoms. The van der Waals surface area contributed by atoms with Crippen molar-refractivity contribution in [2.24, 2.45) is 17.3 Å². The number of para-hydroxylation sites is 1. The van der Waals surface area contributed by atoms with Gasteiger partial charge in [0.2, 0.25) is 0 Å². The average Bonchev–Trinajstić information content (AvgIpc) is 2.76. The van der Waals surface area contributed by atoms with Gasteiger partial charge < -0.3 is 0 Å². The van der Waals surface area contributed by atoms with Gasteiger partial charge in [-0.1, -0.05) is 51.1 Å². The second-order valence-electron chi connectivity index (χ2n) is 6.49. The molecule has 1 aliphatic rings. The highest BCUT2D eigenvalue weighted by atomic mass is 15.4. The zero-order valence-electron chi connectivity index (χ0n) is 12.0. The summed E-state index contributed by atoms with van der Waals surface area (Å²) in [5.41, 5.74) is 2.56. The van der Waals surface area contributed by atoms with E-state index in [1.807, 2.05) is 22.9 Å². The van der Waals surface area contributed by atoms with Gasteiger partial charge in [-0.25, -0.2) is 4.68 Å². The van der Waals surface area contributed by atoms with E-state index in [0.717, 1.165) is 11.4 Å². The van der Waals surface area contributed by atoms with Crippen molar-refractivity contribution in [3.05, 3.63) is 42.2 Å². The summed E-state index contributed by atoms with van der Waals surface area (Å²) < 4.78 is 1.88. The molecule has 1 aromatic carbocycles. The van der Waals surface area contributed by atoms with Gasteiger partial charge in [0, 0.05) is 5.92 Å². The SMILES string of the molecule is CC(C)[C@H]1[C@H](c2cn(-c3ccccc3)nn2)C1(C)C. The number of aromatic nitrogens is 3. The first-order valence-electron chi connectivity index (χ1n) is 6.99. The zero-order chi connectivity index (χ0) is 13.6. The van der Waals surface area contributed by atoms with Crippen LogP contribution in [0, 0.1) is 17.3 Å². The maximum absolute atomic E-state index is 4.40. The predicted molar refractivity (Wildman–Crippen MR) is 76.2 cm³/mol. The molecule has 0 N–H and O–H groups in total. The largest absolute Gasteiger partial charge is 0.220 e. The van der Waals surface area contributed by atoms with Crippen molar-refractivity contribution in [1.82, 2.24) is 15.0 Å². The van der Waals surface area contributed by atoms with E-state index in [-0.39, 0.29) is 0 Å². The molecule has 1 saturated carbocycles. The van der Waals surface area contributed by atoms with Crippen LogP contribution in [-0.2, 0) is 0 Å². The van der Waals surface area contributed by atoms with Gasteiger partial charge in [0.15, 0.2) is 0 Å². The predicted octanol–water partition coefficient (Wildman–Crippen LogP) is 3.66. The maximum Gasteiger partial charge on any atom is 0.0871 e. The third kappa shape index (κ3) is 1.97. The minimum atomic E-state index is 0.353. The first kappa shape index (κ1) is 12.4. The Hall–Kier alpha value is -1.64. The van der Waals surface area contributed by atoms with E-state index in [9.17, 15) is 0 Å². The molecule has 2 atom stereocenters.